The standard InChI is InChI=1S/C25H24N4O/c26-17-22-8-2-3-9-23(22)19-29-24(28-15-4-1-5-16-28)13-12-21(25(29)30)11-10-20-7-6-14-27-18-20/h2-3,6-14,18H,1,4-5,15-16,19H2/b11-10+. The minimum Gasteiger partial charge on any atom is -0.358 e. The van der Waals surface area contributed by atoms with E-state index >= 15 is 0 Å². The minimum atomic E-state index is -0.0500. The van der Waals surface area contributed by atoms with Gasteiger partial charge in [0.25, 0.3) is 5.56 Å². The summed E-state index contributed by atoms with van der Waals surface area (Å²) >= 11 is 0. The molecule has 0 spiro atoms. The fourth-order valence-corrected chi connectivity index (χ4v) is 3.86. The third kappa shape index (κ3) is 4.33. The Labute approximate surface area is 176 Å². The molecule has 3 aromatic rings. The van der Waals surface area contributed by atoms with Gasteiger partial charge in [0.15, 0.2) is 0 Å². The van der Waals surface area contributed by atoms with Crippen molar-refractivity contribution in [1.29, 1.82) is 5.26 Å². The molecular formula is C25H24N4O. The molecule has 1 aromatic carbocycles. The zero-order chi connectivity index (χ0) is 20.8. The van der Waals surface area contributed by atoms with Crippen LogP contribution in [0.1, 0.15) is 41.5 Å². The van der Waals surface area contributed by atoms with Crippen LogP contribution in [0.15, 0.2) is 65.7 Å². The fourth-order valence-electron chi connectivity index (χ4n) is 3.86. The first-order chi connectivity index (χ1) is 14.8. The Balaban J connectivity index is 1.76. The van der Waals surface area contributed by atoms with E-state index in [0.29, 0.717) is 17.7 Å². The van der Waals surface area contributed by atoms with Gasteiger partial charge in [-0.2, -0.15) is 5.26 Å². The Morgan fingerprint density at radius 1 is 1.00 bits per heavy atom. The first-order valence-electron chi connectivity index (χ1n) is 10.3. The van der Waals surface area contributed by atoms with E-state index in [1.54, 1.807) is 18.5 Å². The normalized spacial score (nSPS) is 14.0. The third-order valence-corrected chi connectivity index (χ3v) is 5.47. The molecule has 4 rings (SSSR count). The van der Waals surface area contributed by atoms with E-state index in [4.69, 9.17) is 0 Å². The van der Waals surface area contributed by atoms with Crippen molar-refractivity contribution in [3.63, 3.8) is 0 Å². The zero-order valence-corrected chi connectivity index (χ0v) is 16.9. The first-order valence-corrected chi connectivity index (χ1v) is 10.3. The lowest BCUT2D eigenvalue weighted by molar-refractivity contribution is 0.559. The van der Waals surface area contributed by atoms with Crippen molar-refractivity contribution in [3.05, 3.63) is 93.5 Å². The monoisotopic (exact) mass is 396 g/mol. The summed E-state index contributed by atoms with van der Waals surface area (Å²) in [5.74, 6) is 0.922. The van der Waals surface area contributed by atoms with Crippen molar-refractivity contribution in [1.82, 2.24) is 9.55 Å². The summed E-state index contributed by atoms with van der Waals surface area (Å²) in [5.41, 5.74) is 2.97. The summed E-state index contributed by atoms with van der Waals surface area (Å²) in [7, 11) is 0. The molecule has 0 atom stereocenters. The molecule has 1 aliphatic rings. The van der Waals surface area contributed by atoms with Gasteiger partial charge in [0.2, 0.25) is 0 Å². The quantitative estimate of drug-likeness (QED) is 0.644. The molecule has 0 aliphatic carbocycles. The average Bonchev–Trinajstić information content (AvgIpc) is 2.81. The average molecular weight is 396 g/mol. The van der Waals surface area contributed by atoms with Gasteiger partial charge in [0.1, 0.15) is 5.82 Å². The van der Waals surface area contributed by atoms with Crippen LogP contribution in [-0.4, -0.2) is 22.6 Å². The second-order valence-corrected chi connectivity index (χ2v) is 7.47. The van der Waals surface area contributed by atoms with E-state index in [1.807, 2.05) is 59.2 Å². The predicted molar refractivity (Wildman–Crippen MR) is 120 cm³/mol. The Kier molecular flexibility index (Phi) is 6.05. The number of aromatic nitrogens is 2. The maximum atomic E-state index is 13.4. The van der Waals surface area contributed by atoms with Crippen LogP contribution in [-0.2, 0) is 6.54 Å². The lowest BCUT2D eigenvalue weighted by Gasteiger charge is -2.31. The SMILES string of the molecule is N#Cc1ccccc1Cn1c(N2CCCCC2)ccc(/C=C/c2cccnc2)c1=O. The molecule has 2 aromatic heterocycles. The molecule has 1 saturated heterocycles. The van der Waals surface area contributed by atoms with E-state index in [-0.39, 0.29) is 5.56 Å². The van der Waals surface area contributed by atoms with Gasteiger partial charge in [-0.25, -0.2) is 0 Å². The van der Waals surface area contributed by atoms with Gasteiger partial charge in [-0.15, -0.1) is 0 Å². The highest BCUT2D eigenvalue weighted by atomic mass is 16.1. The van der Waals surface area contributed by atoms with Gasteiger partial charge >= 0.3 is 0 Å². The van der Waals surface area contributed by atoms with E-state index in [9.17, 15) is 10.1 Å². The van der Waals surface area contributed by atoms with Crippen LogP contribution >= 0.6 is 0 Å². The topological polar surface area (TPSA) is 61.9 Å². The van der Waals surface area contributed by atoms with E-state index in [2.05, 4.69) is 16.0 Å². The van der Waals surface area contributed by atoms with Crippen molar-refractivity contribution in [3.8, 4) is 6.07 Å². The number of nitrogens with zero attached hydrogens (tertiary/aromatic N) is 4. The molecule has 150 valence electrons. The van der Waals surface area contributed by atoms with Gasteiger partial charge in [0, 0.05) is 31.0 Å². The molecule has 0 radical (unpaired) electrons. The molecule has 5 heteroatoms. The van der Waals surface area contributed by atoms with Gasteiger partial charge in [-0.1, -0.05) is 30.3 Å². The third-order valence-electron chi connectivity index (χ3n) is 5.47. The summed E-state index contributed by atoms with van der Waals surface area (Å²) in [6, 6.07) is 17.5. The van der Waals surface area contributed by atoms with Crippen LogP contribution in [0.25, 0.3) is 12.2 Å². The van der Waals surface area contributed by atoms with Crippen LogP contribution in [0.5, 0.6) is 0 Å². The molecule has 1 aliphatic heterocycles. The zero-order valence-electron chi connectivity index (χ0n) is 16.9. The Bertz CT molecular complexity index is 1140. The largest absolute Gasteiger partial charge is 0.358 e. The highest BCUT2D eigenvalue weighted by Gasteiger charge is 2.17. The lowest BCUT2D eigenvalue weighted by Crippen LogP contribution is -2.36. The number of rotatable bonds is 5. The van der Waals surface area contributed by atoms with Crippen molar-refractivity contribution in [2.75, 3.05) is 18.0 Å². The molecular weight excluding hydrogens is 372 g/mol. The van der Waals surface area contributed by atoms with E-state index in [1.165, 1.54) is 6.42 Å². The molecule has 0 amide bonds. The number of benzene rings is 1. The van der Waals surface area contributed by atoms with Crippen LogP contribution in [0, 0.1) is 11.3 Å². The number of nitriles is 1. The molecule has 0 N–H and O–H groups in total. The molecule has 0 saturated carbocycles. The van der Waals surface area contributed by atoms with Crippen LogP contribution < -0.4 is 10.5 Å². The van der Waals surface area contributed by atoms with Crippen LogP contribution in [0.2, 0.25) is 0 Å². The Morgan fingerprint density at radius 2 is 1.83 bits per heavy atom. The first kappa shape index (κ1) is 19.7. The van der Waals surface area contributed by atoms with Crippen molar-refractivity contribution >= 4 is 18.0 Å². The molecule has 5 nitrogen and oxygen atoms in total. The Hall–Kier alpha value is -3.65. The number of hydrogen-bond donors (Lipinski definition) is 0. The molecule has 0 unspecified atom stereocenters. The second-order valence-electron chi connectivity index (χ2n) is 7.47. The Morgan fingerprint density at radius 3 is 2.60 bits per heavy atom. The number of hydrogen-bond acceptors (Lipinski definition) is 4. The summed E-state index contributed by atoms with van der Waals surface area (Å²) < 4.78 is 1.81. The van der Waals surface area contributed by atoms with E-state index < -0.39 is 0 Å². The highest BCUT2D eigenvalue weighted by Crippen LogP contribution is 2.21. The number of piperidine rings is 1. The van der Waals surface area contributed by atoms with Crippen molar-refractivity contribution < 1.29 is 0 Å². The van der Waals surface area contributed by atoms with Gasteiger partial charge < -0.3 is 4.90 Å². The number of pyridine rings is 2. The van der Waals surface area contributed by atoms with Gasteiger partial charge in [-0.05, 0) is 60.7 Å². The fraction of sp³-hybridized carbons (Fsp3) is 0.240. The summed E-state index contributed by atoms with van der Waals surface area (Å²) in [4.78, 5) is 19.8. The molecule has 1 fully saturated rings. The summed E-state index contributed by atoms with van der Waals surface area (Å²) in [6.07, 6.45) is 10.7. The van der Waals surface area contributed by atoms with Crippen molar-refractivity contribution in [2.24, 2.45) is 0 Å². The molecule has 0 bridgehead atoms. The summed E-state index contributed by atoms with van der Waals surface area (Å²) in [5, 5.41) is 9.48. The van der Waals surface area contributed by atoms with Gasteiger partial charge in [-0.3, -0.25) is 14.3 Å². The maximum Gasteiger partial charge on any atom is 0.259 e. The van der Waals surface area contributed by atoms with Crippen molar-refractivity contribution in [2.45, 2.75) is 25.8 Å². The smallest absolute Gasteiger partial charge is 0.259 e. The maximum absolute atomic E-state index is 13.4. The predicted octanol–water partition coefficient (Wildman–Crippen LogP) is 4.32. The van der Waals surface area contributed by atoms with E-state index in [0.717, 1.165) is 42.9 Å². The van der Waals surface area contributed by atoms with Gasteiger partial charge in [0.05, 0.1) is 18.2 Å². The van der Waals surface area contributed by atoms with Crippen LogP contribution in [0.4, 0.5) is 5.82 Å². The highest BCUT2D eigenvalue weighted by molar-refractivity contribution is 5.69. The molecule has 30 heavy (non-hydrogen) atoms. The number of anilines is 1. The minimum absolute atomic E-state index is 0.0500. The second kappa shape index (κ2) is 9.23. The van der Waals surface area contributed by atoms with Crippen LogP contribution in [0.3, 0.4) is 0 Å². The summed E-state index contributed by atoms with van der Waals surface area (Å²) in [6.45, 7) is 2.28. The molecule has 3 heterocycles. The lowest BCUT2D eigenvalue weighted by atomic mass is 10.1.